The fourth-order valence-electron chi connectivity index (χ4n) is 3.28. The third-order valence-electron chi connectivity index (χ3n) is 4.88. The number of carbonyl (C=O) groups is 2. The van der Waals surface area contributed by atoms with E-state index in [1.807, 2.05) is 4.90 Å². The van der Waals surface area contributed by atoms with E-state index in [0.717, 1.165) is 19.4 Å². The van der Waals surface area contributed by atoms with Gasteiger partial charge in [0.25, 0.3) is 0 Å². The van der Waals surface area contributed by atoms with Gasteiger partial charge < -0.3 is 20.1 Å². The summed E-state index contributed by atoms with van der Waals surface area (Å²) in [5, 5.41) is 12.3. The zero-order valence-corrected chi connectivity index (χ0v) is 12.9. The Labute approximate surface area is 125 Å². The molecular formula is C15H26N2O4. The molecule has 2 atom stereocenters. The van der Waals surface area contributed by atoms with Crippen LogP contribution in [0.15, 0.2) is 0 Å². The highest BCUT2D eigenvalue weighted by Crippen LogP contribution is 2.30. The van der Waals surface area contributed by atoms with Gasteiger partial charge in [0.15, 0.2) is 0 Å². The molecule has 2 amide bonds. The zero-order chi connectivity index (χ0) is 15.5. The Morgan fingerprint density at radius 3 is 2.57 bits per heavy atom. The van der Waals surface area contributed by atoms with Gasteiger partial charge in [-0.3, -0.25) is 4.79 Å². The Hall–Kier alpha value is -1.30. The van der Waals surface area contributed by atoms with Crippen molar-refractivity contribution in [1.29, 1.82) is 0 Å². The number of nitrogens with one attached hydrogen (secondary N) is 1. The molecule has 0 aromatic rings. The number of amides is 2. The number of hydrogen-bond acceptors (Lipinski definition) is 3. The van der Waals surface area contributed by atoms with Crippen LogP contribution in [-0.2, 0) is 9.53 Å². The summed E-state index contributed by atoms with van der Waals surface area (Å²) in [6.07, 6.45) is 2.92. The van der Waals surface area contributed by atoms with Crippen LogP contribution in [0.5, 0.6) is 0 Å². The lowest BCUT2D eigenvalue weighted by Crippen LogP contribution is -2.53. The normalized spacial score (nSPS) is 29.0. The van der Waals surface area contributed by atoms with Crippen molar-refractivity contribution in [1.82, 2.24) is 10.2 Å². The lowest BCUT2D eigenvalue weighted by Gasteiger charge is -2.38. The van der Waals surface area contributed by atoms with Crippen molar-refractivity contribution < 1.29 is 19.4 Å². The van der Waals surface area contributed by atoms with Gasteiger partial charge in [0.05, 0.1) is 5.41 Å². The second-order valence-electron chi connectivity index (χ2n) is 6.53. The monoisotopic (exact) mass is 298 g/mol. The number of ether oxygens (including phenoxy) is 1. The van der Waals surface area contributed by atoms with E-state index in [2.05, 4.69) is 19.2 Å². The molecule has 21 heavy (non-hydrogen) atoms. The highest BCUT2D eigenvalue weighted by atomic mass is 16.5. The number of urea groups is 1. The second-order valence-corrected chi connectivity index (χ2v) is 6.53. The summed E-state index contributed by atoms with van der Waals surface area (Å²) in [7, 11) is 0. The second kappa shape index (κ2) is 6.64. The van der Waals surface area contributed by atoms with Gasteiger partial charge >= 0.3 is 12.0 Å². The molecule has 120 valence electrons. The number of piperidine rings is 1. The fraction of sp³-hybridized carbons (Fsp3) is 0.867. The number of aliphatic carboxylic acids is 1. The number of rotatable bonds is 3. The topological polar surface area (TPSA) is 78.9 Å². The standard InChI is InChI=1S/C15H26N2O4/c1-11-3-6-17(12(2)9-11)14(20)16-10-15(13(18)19)4-7-21-8-5-15/h11-12H,3-10H2,1-2H3,(H,16,20)(H,18,19). The Bertz CT molecular complexity index is 393. The van der Waals surface area contributed by atoms with E-state index in [4.69, 9.17) is 4.74 Å². The molecule has 2 aliphatic rings. The minimum atomic E-state index is -0.875. The molecule has 6 nitrogen and oxygen atoms in total. The lowest BCUT2D eigenvalue weighted by atomic mass is 9.80. The van der Waals surface area contributed by atoms with Crippen LogP contribution in [0.1, 0.15) is 39.5 Å². The maximum Gasteiger partial charge on any atom is 0.317 e. The van der Waals surface area contributed by atoms with E-state index in [9.17, 15) is 14.7 Å². The molecule has 6 heteroatoms. The maximum atomic E-state index is 12.3. The Kier molecular flexibility index (Phi) is 5.08. The van der Waals surface area contributed by atoms with E-state index in [1.165, 1.54) is 0 Å². The van der Waals surface area contributed by atoms with E-state index in [1.54, 1.807) is 0 Å². The van der Waals surface area contributed by atoms with Crippen LogP contribution < -0.4 is 5.32 Å². The lowest BCUT2D eigenvalue weighted by molar-refractivity contribution is -0.154. The summed E-state index contributed by atoms with van der Waals surface area (Å²) in [5.41, 5.74) is -0.875. The maximum absolute atomic E-state index is 12.3. The Morgan fingerprint density at radius 1 is 1.33 bits per heavy atom. The SMILES string of the molecule is CC1CCN(C(=O)NCC2(C(=O)O)CCOCC2)C(C)C1. The van der Waals surface area contributed by atoms with Gasteiger partial charge in [-0.05, 0) is 38.5 Å². The summed E-state index contributed by atoms with van der Waals surface area (Å²) in [6, 6.07) is 0.0748. The molecule has 0 bridgehead atoms. The average molecular weight is 298 g/mol. The first-order valence-electron chi connectivity index (χ1n) is 7.80. The van der Waals surface area contributed by atoms with Crippen molar-refractivity contribution in [2.45, 2.75) is 45.6 Å². The summed E-state index contributed by atoms with van der Waals surface area (Å²) < 4.78 is 5.24. The molecule has 2 N–H and O–H groups in total. The first-order valence-corrected chi connectivity index (χ1v) is 7.80. The van der Waals surface area contributed by atoms with Gasteiger partial charge in [-0.15, -0.1) is 0 Å². The molecule has 0 saturated carbocycles. The van der Waals surface area contributed by atoms with Crippen molar-refractivity contribution in [3.05, 3.63) is 0 Å². The van der Waals surface area contributed by atoms with Crippen LogP contribution in [0.2, 0.25) is 0 Å². The number of hydrogen-bond donors (Lipinski definition) is 2. The first-order chi connectivity index (χ1) is 9.94. The van der Waals surface area contributed by atoms with Gasteiger partial charge in [0.1, 0.15) is 0 Å². The summed E-state index contributed by atoms with van der Waals surface area (Å²) in [5.74, 6) is -0.198. The molecule has 0 spiro atoms. The number of carboxylic acid groups (broad SMARTS) is 1. The zero-order valence-electron chi connectivity index (χ0n) is 12.9. The van der Waals surface area contributed by atoms with Crippen molar-refractivity contribution in [2.24, 2.45) is 11.3 Å². The van der Waals surface area contributed by atoms with Crippen molar-refractivity contribution >= 4 is 12.0 Å². The molecule has 0 radical (unpaired) electrons. The smallest absolute Gasteiger partial charge is 0.317 e. The largest absolute Gasteiger partial charge is 0.481 e. The van der Waals surface area contributed by atoms with E-state index in [0.29, 0.717) is 32.0 Å². The minimum absolute atomic E-state index is 0.137. The van der Waals surface area contributed by atoms with Gasteiger partial charge in [0, 0.05) is 32.3 Å². The summed E-state index contributed by atoms with van der Waals surface area (Å²) >= 11 is 0. The van der Waals surface area contributed by atoms with Gasteiger partial charge in [0.2, 0.25) is 0 Å². The van der Waals surface area contributed by atoms with Crippen LogP contribution >= 0.6 is 0 Å². The quantitative estimate of drug-likeness (QED) is 0.831. The summed E-state index contributed by atoms with van der Waals surface area (Å²) in [6.45, 7) is 6.07. The number of carbonyl (C=O) groups excluding carboxylic acids is 1. The first kappa shape index (κ1) is 16.1. The highest BCUT2D eigenvalue weighted by molar-refractivity contribution is 5.78. The van der Waals surface area contributed by atoms with Crippen LogP contribution in [-0.4, -0.2) is 54.4 Å². The van der Waals surface area contributed by atoms with Gasteiger partial charge in [-0.2, -0.15) is 0 Å². The molecule has 2 rings (SSSR count). The van der Waals surface area contributed by atoms with Crippen LogP contribution in [0.25, 0.3) is 0 Å². The van der Waals surface area contributed by atoms with E-state index < -0.39 is 11.4 Å². The Morgan fingerprint density at radius 2 is 2.00 bits per heavy atom. The van der Waals surface area contributed by atoms with Gasteiger partial charge in [-0.1, -0.05) is 6.92 Å². The number of nitrogens with zero attached hydrogens (tertiary/aromatic N) is 1. The molecule has 2 unspecified atom stereocenters. The third-order valence-corrected chi connectivity index (χ3v) is 4.88. The predicted molar refractivity (Wildman–Crippen MR) is 78.1 cm³/mol. The molecule has 0 aromatic carbocycles. The average Bonchev–Trinajstić information content (AvgIpc) is 2.45. The van der Waals surface area contributed by atoms with Crippen molar-refractivity contribution in [2.75, 3.05) is 26.3 Å². The molecule has 0 aliphatic carbocycles. The molecule has 2 heterocycles. The molecule has 2 saturated heterocycles. The number of likely N-dealkylation sites (tertiary alicyclic amines) is 1. The molecule has 2 aliphatic heterocycles. The van der Waals surface area contributed by atoms with Crippen molar-refractivity contribution in [3.8, 4) is 0 Å². The minimum Gasteiger partial charge on any atom is -0.481 e. The van der Waals surface area contributed by atoms with E-state index >= 15 is 0 Å². The number of carboxylic acids is 1. The molecular weight excluding hydrogens is 272 g/mol. The molecule has 0 aromatic heterocycles. The Balaban J connectivity index is 1.91. The van der Waals surface area contributed by atoms with Gasteiger partial charge in [-0.25, -0.2) is 4.79 Å². The van der Waals surface area contributed by atoms with Crippen LogP contribution in [0, 0.1) is 11.3 Å². The predicted octanol–water partition coefficient (Wildman–Crippen LogP) is 1.70. The van der Waals surface area contributed by atoms with Crippen LogP contribution in [0.4, 0.5) is 4.79 Å². The van der Waals surface area contributed by atoms with E-state index in [-0.39, 0.29) is 18.6 Å². The molecule has 2 fully saturated rings. The van der Waals surface area contributed by atoms with Crippen LogP contribution in [0.3, 0.4) is 0 Å². The third kappa shape index (κ3) is 3.67. The highest BCUT2D eigenvalue weighted by Gasteiger charge is 2.41. The summed E-state index contributed by atoms with van der Waals surface area (Å²) in [4.78, 5) is 25.7. The van der Waals surface area contributed by atoms with Crippen molar-refractivity contribution in [3.63, 3.8) is 0 Å². The fourth-order valence-corrected chi connectivity index (χ4v) is 3.28.